The molecule has 1 rings (SSSR count). The first-order valence-corrected chi connectivity index (χ1v) is 2.25. The molecular formula is C5H4NO3. The highest BCUT2D eigenvalue weighted by Crippen LogP contribution is 1.96. The molecule has 1 heterocycles. The number of methoxy groups -OCH3 is 1. The molecule has 1 radical (unpaired) electrons. The van der Waals surface area contributed by atoms with E-state index in [2.05, 4.69) is 20.6 Å². The minimum Gasteiger partial charge on any atom is -0.463 e. The summed E-state index contributed by atoms with van der Waals surface area (Å²) in [5.74, 6) is -0.471. The average molecular weight is 126 g/mol. The summed E-state index contributed by atoms with van der Waals surface area (Å²) in [4.78, 5) is 10.5. The number of carbonyl (C=O) groups excluding carboxylic acids is 1. The quantitative estimate of drug-likeness (QED) is 0.506. The Morgan fingerprint density at radius 1 is 2.00 bits per heavy atom. The van der Waals surface area contributed by atoms with Gasteiger partial charge in [0.2, 0.25) is 5.76 Å². The van der Waals surface area contributed by atoms with Crippen LogP contribution in [0.15, 0.2) is 10.6 Å². The van der Waals surface area contributed by atoms with Crippen LogP contribution in [0.1, 0.15) is 10.6 Å². The minimum absolute atomic E-state index is 0.0671. The van der Waals surface area contributed by atoms with Gasteiger partial charge < -0.3 is 9.26 Å². The molecular weight excluding hydrogens is 122 g/mol. The molecule has 47 valence electrons. The second kappa shape index (κ2) is 2.30. The SMILES string of the molecule is COC(=O)c1c[c]no1. The Balaban J connectivity index is 2.77. The summed E-state index contributed by atoms with van der Waals surface area (Å²) in [6.45, 7) is 0. The van der Waals surface area contributed by atoms with E-state index in [1.54, 1.807) is 0 Å². The number of carbonyl (C=O) groups is 1. The second-order valence-corrected chi connectivity index (χ2v) is 1.31. The molecule has 0 N–H and O–H groups in total. The van der Waals surface area contributed by atoms with Gasteiger partial charge in [-0.25, -0.2) is 4.79 Å². The topological polar surface area (TPSA) is 52.3 Å². The molecule has 1 aromatic heterocycles. The van der Waals surface area contributed by atoms with Gasteiger partial charge in [0.25, 0.3) is 0 Å². The van der Waals surface area contributed by atoms with Gasteiger partial charge in [-0.1, -0.05) is 5.16 Å². The van der Waals surface area contributed by atoms with Crippen molar-refractivity contribution in [1.29, 1.82) is 0 Å². The lowest BCUT2D eigenvalue weighted by Crippen LogP contribution is -1.97. The number of nitrogens with zero attached hydrogens (tertiary/aromatic N) is 1. The standard InChI is InChI=1S/C5H4NO3/c1-8-5(7)4-2-3-6-9-4/h2H,1H3. The predicted molar refractivity (Wildman–Crippen MR) is 26.7 cm³/mol. The van der Waals surface area contributed by atoms with Gasteiger partial charge in [0.15, 0.2) is 0 Å². The maximum atomic E-state index is 10.5. The molecule has 0 bridgehead atoms. The van der Waals surface area contributed by atoms with Crippen LogP contribution in [-0.4, -0.2) is 18.2 Å². The molecule has 0 aliphatic heterocycles. The fourth-order valence-electron chi connectivity index (χ4n) is 0.384. The van der Waals surface area contributed by atoms with Crippen molar-refractivity contribution in [2.45, 2.75) is 0 Å². The summed E-state index contributed by atoms with van der Waals surface area (Å²) in [5, 5.41) is 3.19. The zero-order valence-electron chi connectivity index (χ0n) is 4.75. The zero-order chi connectivity index (χ0) is 6.69. The largest absolute Gasteiger partial charge is 0.463 e. The third-order valence-corrected chi connectivity index (χ3v) is 0.779. The first kappa shape index (κ1) is 5.81. The van der Waals surface area contributed by atoms with Crippen LogP contribution >= 0.6 is 0 Å². The van der Waals surface area contributed by atoms with E-state index in [1.165, 1.54) is 13.2 Å². The van der Waals surface area contributed by atoms with E-state index in [0.29, 0.717) is 0 Å². The maximum Gasteiger partial charge on any atom is 0.376 e. The van der Waals surface area contributed by atoms with Gasteiger partial charge in [-0.05, 0) is 0 Å². The fraction of sp³-hybridized carbons (Fsp3) is 0.200. The first-order valence-electron chi connectivity index (χ1n) is 2.25. The van der Waals surface area contributed by atoms with Crippen LogP contribution in [0.4, 0.5) is 0 Å². The summed E-state index contributed by atoms with van der Waals surface area (Å²) in [6.07, 6.45) is 2.33. The van der Waals surface area contributed by atoms with Crippen LogP contribution < -0.4 is 0 Å². The molecule has 0 aliphatic carbocycles. The zero-order valence-corrected chi connectivity index (χ0v) is 4.75. The smallest absolute Gasteiger partial charge is 0.376 e. The van der Waals surface area contributed by atoms with Crippen molar-refractivity contribution in [1.82, 2.24) is 5.16 Å². The molecule has 0 amide bonds. The molecule has 0 fully saturated rings. The number of hydrogen-bond donors (Lipinski definition) is 0. The van der Waals surface area contributed by atoms with Crippen LogP contribution in [0.25, 0.3) is 0 Å². The molecule has 0 spiro atoms. The second-order valence-electron chi connectivity index (χ2n) is 1.31. The highest BCUT2D eigenvalue weighted by Gasteiger charge is 2.07. The van der Waals surface area contributed by atoms with Crippen LogP contribution in [0.3, 0.4) is 0 Å². The van der Waals surface area contributed by atoms with E-state index in [-0.39, 0.29) is 5.76 Å². The highest BCUT2D eigenvalue weighted by atomic mass is 16.5. The molecule has 4 heteroatoms. The van der Waals surface area contributed by atoms with E-state index >= 15 is 0 Å². The minimum atomic E-state index is -0.538. The Hall–Kier alpha value is -1.32. The van der Waals surface area contributed by atoms with E-state index in [9.17, 15) is 4.79 Å². The van der Waals surface area contributed by atoms with Gasteiger partial charge in [0.05, 0.1) is 7.11 Å². The van der Waals surface area contributed by atoms with Gasteiger partial charge in [0.1, 0.15) is 6.20 Å². The molecule has 0 atom stereocenters. The number of esters is 1. The lowest BCUT2D eigenvalue weighted by atomic mass is 10.5. The van der Waals surface area contributed by atoms with E-state index in [0.717, 1.165) is 0 Å². The van der Waals surface area contributed by atoms with Crippen molar-refractivity contribution in [3.8, 4) is 0 Å². The molecule has 1 aromatic rings. The molecule has 9 heavy (non-hydrogen) atoms. The highest BCUT2D eigenvalue weighted by molar-refractivity contribution is 5.85. The van der Waals surface area contributed by atoms with E-state index < -0.39 is 5.97 Å². The van der Waals surface area contributed by atoms with Crippen molar-refractivity contribution in [2.24, 2.45) is 0 Å². The van der Waals surface area contributed by atoms with Crippen molar-refractivity contribution in [2.75, 3.05) is 7.11 Å². The van der Waals surface area contributed by atoms with Crippen molar-refractivity contribution < 1.29 is 14.1 Å². The Morgan fingerprint density at radius 3 is 3.22 bits per heavy atom. The monoisotopic (exact) mass is 126 g/mol. The van der Waals surface area contributed by atoms with Crippen LogP contribution in [0.5, 0.6) is 0 Å². The lowest BCUT2D eigenvalue weighted by molar-refractivity contribution is 0.0554. The van der Waals surface area contributed by atoms with Gasteiger partial charge in [-0.3, -0.25) is 0 Å². The van der Waals surface area contributed by atoms with Gasteiger partial charge in [0, 0.05) is 6.07 Å². The van der Waals surface area contributed by atoms with Gasteiger partial charge in [-0.15, -0.1) is 0 Å². The summed E-state index contributed by atoms with van der Waals surface area (Å²) >= 11 is 0. The third-order valence-electron chi connectivity index (χ3n) is 0.779. The van der Waals surface area contributed by atoms with Crippen molar-refractivity contribution >= 4 is 5.97 Å². The average Bonchev–Trinajstić information content (AvgIpc) is 2.37. The van der Waals surface area contributed by atoms with E-state index in [1.807, 2.05) is 0 Å². The Bertz CT molecular complexity index is 192. The Morgan fingerprint density at radius 2 is 2.78 bits per heavy atom. The van der Waals surface area contributed by atoms with Crippen LogP contribution in [0.2, 0.25) is 0 Å². The van der Waals surface area contributed by atoms with Gasteiger partial charge in [-0.2, -0.15) is 0 Å². The number of rotatable bonds is 1. The molecule has 4 nitrogen and oxygen atoms in total. The molecule has 0 saturated carbocycles. The number of aromatic nitrogens is 1. The normalized spacial score (nSPS) is 9.00. The Labute approximate surface area is 51.4 Å². The lowest BCUT2D eigenvalue weighted by Gasteiger charge is -1.88. The number of hydrogen-bond acceptors (Lipinski definition) is 4. The maximum absolute atomic E-state index is 10.5. The molecule has 0 saturated heterocycles. The van der Waals surface area contributed by atoms with Crippen molar-refractivity contribution in [3.05, 3.63) is 18.0 Å². The first-order chi connectivity index (χ1) is 4.34. The van der Waals surface area contributed by atoms with Crippen LogP contribution in [0, 0.1) is 6.20 Å². The van der Waals surface area contributed by atoms with E-state index in [4.69, 9.17) is 0 Å². The molecule has 0 unspecified atom stereocenters. The molecule has 0 aliphatic rings. The van der Waals surface area contributed by atoms with Gasteiger partial charge >= 0.3 is 5.97 Å². The summed E-state index contributed by atoms with van der Waals surface area (Å²) < 4.78 is 8.71. The number of ether oxygens (including phenoxy) is 1. The Kier molecular flexibility index (Phi) is 1.48. The summed E-state index contributed by atoms with van der Waals surface area (Å²) in [7, 11) is 1.27. The third kappa shape index (κ3) is 1.07. The summed E-state index contributed by atoms with van der Waals surface area (Å²) in [6, 6.07) is 1.31. The molecule has 0 aromatic carbocycles. The fourth-order valence-corrected chi connectivity index (χ4v) is 0.384. The van der Waals surface area contributed by atoms with Crippen LogP contribution in [-0.2, 0) is 4.74 Å². The predicted octanol–water partition coefficient (Wildman–Crippen LogP) is 0.261. The van der Waals surface area contributed by atoms with Crippen molar-refractivity contribution in [3.63, 3.8) is 0 Å². The summed E-state index contributed by atoms with van der Waals surface area (Å²) in [5.41, 5.74) is 0.